The summed E-state index contributed by atoms with van der Waals surface area (Å²) in [4.78, 5) is 9.85. The minimum Gasteiger partial charge on any atom is -0.258 e. The Morgan fingerprint density at radius 1 is 1.41 bits per heavy atom. The Bertz CT molecular complexity index is 438. The standard InChI is InChI=1S/C11H12BrF2NO2/c1-6(2)9(12)4-7-3-8(13)5-10(14)11(7)15(16)17/h3,5-6,9H,4H2,1-2H3. The zero-order valence-electron chi connectivity index (χ0n) is 9.41. The molecule has 0 aliphatic carbocycles. The number of benzene rings is 1. The summed E-state index contributed by atoms with van der Waals surface area (Å²) in [7, 11) is 0. The topological polar surface area (TPSA) is 43.1 Å². The average Bonchev–Trinajstić information content (AvgIpc) is 2.14. The van der Waals surface area contributed by atoms with Gasteiger partial charge in [-0.15, -0.1) is 0 Å². The highest BCUT2D eigenvalue weighted by atomic mass is 79.9. The molecular formula is C11H12BrF2NO2. The number of halogens is 3. The van der Waals surface area contributed by atoms with Crippen molar-refractivity contribution in [1.82, 2.24) is 0 Å². The second kappa shape index (κ2) is 5.53. The van der Waals surface area contributed by atoms with Crippen LogP contribution in [0.3, 0.4) is 0 Å². The zero-order valence-corrected chi connectivity index (χ0v) is 11.0. The maximum atomic E-state index is 13.3. The third kappa shape index (κ3) is 3.46. The highest BCUT2D eigenvalue weighted by molar-refractivity contribution is 9.09. The van der Waals surface area contributed by atoms with Crippen molar-refractivity contribution in [3.8, 4) is 0 Å². The van der Waals surface area contributed by atoms with Gasteiger partial charge in [0.05, 0.1) is 4.92 Å². The van der Waals surface area contributed by atoms with Gasteiger partial charge in [-0.05, 0) is 18.4 Å². The number of nitro benzene ring substituents is 1. The van der Waals surface area contributed by atoms with Gasteiger partial charge in [0.1, 0.15) is 5.82 Å². The smallest absolute Gasteiger partial charge is 0.258 e. The van der Waals surface area contributed by atoms with Gasteiger partial charge in [-0.2, -0.15) is 4.39 Å². The first-order valence-electron chi connectivity index (χ1n) is 5.09. The third-order valence-corrected chi connectivity index (χ3v) is 3.81. The van der Waals surface area contributed by atoms with Gasteiger partial charge in [-0.25, -0.2) is 4.39 Å². The summed E-state index contributed by atoms with van der Waals surface area (Å²) in [6, 6.07) is 1.54. The molecule has 0 N–H and O–H groups in total. The van der Waals surface area contributed by atoms with E-state index in [1.165, 1.54) is 0 Å². The molecule has 0 saturated heterocycles. The van der Waals surface area contributed by atoms with Crippen LogP contribution in [0, 0.1) is 27.7 Å². The molecule has 0 heterocycles. The van der Waals surface area contributed by atoms with E-state index in [9.17, 15) is 18.9 Å². The fourth-order valence-electron chi connectivity index (χ4n) is 1.43. The lowest BCUT2D eigenvalue weighted by atomic mass is 10.0. The van der Waals surface area contributed by atoms with Crippen LogP contribution in [-0.4, -0.2) is 9.75 Å². The van der Waals surface area contributed by atoms with E-state index in [1.54, 1.807) is 0 Å². The molecule has 0 aliphatic heterocycles. The van der Waals surface area contributed by atoms with Gasteiger partial charge >= 0.3 is 5.69 Å². The summed E-state index contributed by atoms with van der Waals surface area (Å²) in [5, 5.41) is 10.7. The van der Waals surface area contributed by atoms with Gasteiger partial charge in [0.15, 0.2) is 0 Å². The van der Waals surface area contributed by atoms with E-state index in [0.717, 1.165) is 6.07 Å². The van der Waals surface area contributed by atoms with Crippen LogP contribution in [0.1, 0.15) is 19.4 Å². The van der Waals surface area contributed by atoms with Gasteiger partial charge in [0.25, 0.3) is 0 Å². The fraction of sp³-hybridized carbons (Fsp3) is 0.455. The van der Waals surface area contributed by atoms with Crippen LogP contribution in [0.5, 0.6) is 0 Å². The Morgan fingerprint density at radius 2 is 2.00 bits per heavy atom. The van der Waals surface area contributed by atoms with Crippen LogP contribution in [0.25, 0.3) is 0 Å². The van der Waals surface area contributed by atoms with Crippen molar-refractivity contribution >= 4 is 21.6 Å². The zero-order chi connectivity index (χ0) is 13.2. The molecule has 0 spiro atoms. The predicted octanol–water partition coefficient (Wildman–Crippen LogP) is 3.84. The molecule has 0 aromatic heterocycles. The molecule has 0 bridgehead atoms. The molecule has 0 radical (unpaired) electrons. The van der Waals surface area contributed by atoms with Crippen molar-refractivity contribution in [2.45, 2.75) is 25.1 Å². The first kappa shape index (κ1) is 14.0. The van der Waals surface area contributed by atoms with Gasteiger partial charge in [-0.1, -0.05) is 29.8 Å². The van der Waals surface area contributed by atoms with Gasteiger partial charge in [0.2, 0.25) is 5.82 Å². The molecule has 6 heteroatoms. The molecule has 1 unspecified atom stereocenters. The number of nitrogens with zero attached hydrogens (tertiary/aromatic N) is 1. The van der Waals surface area contributed by atoms with Crippen molar-refractivity contribution in [3.05, 3.63) is 39.4 Å². The normalized spacial score (nSPS) is 12.8. The highest BCUT2D eigenvalue weighted by Gasteiger charge is 2.24. The Balaban J connectivity index is 3.17. The van der Waals surface area contributed by atoms with E-state index in [-0.39, 0.29) is 22.7 Å². The maximum absolute atomic E-state index is 13.3. The molecule has 17 heavy (non-hydrogen) atoms. The summed E-state index contributed by atoms with van der Waals surface area (Å²) >= 11 is 3.34. The molecule has 1 aromatic carbocycles. The minimum atomic E-state index is -1.13. The van der Waals surface area contributed by atoms with E-state index < -0.39 is 22.2 Å². The summed E-state index contributed by atoms with van der Waals surface area (Å²) < 4.78 is 26.4. The van der Waals surface area contributed by atoms with E-state index in [4.69, 9.17) is 0 Å². The molecule has 94 valence electrons. The van der Waals surface area contributed by atoms with E-state index in [0.29, 0.717) is 6.07 Å². The number of rotatable bonds is 4. The lowest BCUT2D eigenvalue weighted by molar-refractivity contribution is -0.388. The lowest BCUT2D eigenvalue weighted by Crippen LogP contribution is -2.12. The molecule has 1 aromatic rings. The Labute approximate surface area is 106 Å². The molecule has 1 rings (SSSR count). The van der Waals surface area contributed by atoms with Crippen LogP contribution < -0.4 is 0 Å². The molecule has 1 atom stereocenters. The quantitative estimate of drug-likeness (QED) is 0.482. The second-order valence-electron chi connectivity index (χ2n) is 4.12. The largest absolute Gasteiger partial charge is 0.308 e. The van der Waals surface area contributed by atoms with Crippen LogP contribution in [0.15, 0.2) is 12.1 Å². The molecule has 0 saturated carbocycles. The highest BCUT2D eigenvalue weighted by Crippen LogP contribution is 2.28. The molecule has 0 aliphatic rings. The van der Waals surface area contributed by atoms with Crippen molar-refractivity contribution in [3.63, 3.8) is 0 Å². The molecule has 0 fully saturated rings. The molecule has 3 nitrogen and oxygen atoms in total. The Morgan fingerprint density at radius 3 is 2.47 bits per heavy atom. The lowest BCUT2D eigenvalue weighted by Gasteiger charge is -2.13. The monoisotopic (exact) mass is 307 g/mol. The van der Waals surface area contributed by atoms with Crippen LogP contribution in [0.4, 0.5) is 14.5 Å². The van der Waals surface area contributed by atoms with E-state index in [1.807, 2.05) is 13.8 Å². The average molecular weight is 308 g/mol. The number of hydrogen-bond acceptors (Lipinski definition) is 2. The van der Waals surface area contributed by atoms with Crippen molar-refractivity contribution in [2.75, 3.05) is 0 Å². The third-order valence-electron chi connectivity index (χ3n) is 2.43. The minimum absolute atomic E-state index is 0.0672. The van der Waals surface area contributed by atoms with Gasteiger partial charge in [-0.3, -0.25) is 10.1 Å². The van der Waals surface area contributed by atoms with Crippen LogP contribution >= 0.6 is 15.9 Å². The first-order chi connectivity index (χ1) is 7.82. The summed E-state index contributed by atoms with van der Waals surface area (Å²) in [6.07, 6.45) is 0.211. The van der Waals surface area contributed by atoms with Crippen molar-refractivity contribution < 1.29 is 13.7 Å². The Kier molecular flexibility index (Phi) is 4.56. The number of alkyl halides is 1. The predicted molar refractivity (Wildman–Crippen MR) is 64.3 cm³/mol. The maximum Gasteiger partial charge on any atom is 0.308 e. The fourth-order valence-corrected chi connectivity index (χ4v) is 1.77. The van der Waals surface area contributed by atoms with Crippen molar-refractivity contribution in [2.24, 2.45) is 5.92 Å². The van der Waals surface area contributed by atoms with Crippen LogP contribution in [-0.2, 0) is 6.42 Å². The summed E-state index contributed by atoms with van der Waals surface area (Å²) in [5.74, 6) is -1.72. The van der Waals surface area contributed by atoms with Crippen molar-refractivity contribution in [1.29, 1.82) is 0 Å². The molecule has 0 amide bonds. The number of nitro groups is 1. The summed E-state index contributed by atoms with van der Waals surface area (Å²) in [6.45, 7) is 3.84. The Hall–Kier alpha value is -1.04. The van der Waals surface area contributed by atoms with Crippen LogP contribution in [0.2, 0.25) is 0 Å². The van der Waals surface area contributed by atoms with Gasteiger partial charge < -0.3 is 0 Å². The first-order valence-corrected chi connectivity index (χ1v) is 6.01. The second-order valence-corrected chi connectivity index (χ2v) is 5.29. The molecular weight excluding hydrogens is 296 g/mol. The summed E-state index contributed by atoms with van der Waals surface area (Å²) in [5.41, 5.74) is -0.570. The van der Waals surface area contributed by atoms with E-state index in [2.05, 4.69) is 15.9 Å². The SMILES string of the molecule is CC(C)C(Br)Cc1cc(F)cc(F)c1[N+](=O)[O-]. The van der Waals surface area contributed by atoms with E-state index >= 15 is 0 Å². The van der Waals surface area contributed by atoms with Gasteiger partial charge in [0, 0.05) is 16.5 Å². The number of hydrogen-bond donors (Lipinski definition) is 0.